The zero-order chi connectivity index (χ0) is 13.1. The van der Waals surface area contributed by atoms with Crippen LogP contribution in [-0.2, 0) is 10.2 Å². The highest BCUT2D eigenvalue weighted by molar-refractivity contribution is 5.70. The van der Waals surface area contributed by atoms with E-state index in [0.717, 1.165) is 49.2 Å². The van der Waals surface area contributed by atoms with Crippen molar-refractivity contribution in [3.05, 3.63) is 23.8 Å². The van der Waals surface area contributed by atoms with Crippen LogP contribution in [0.4, 0.5) is 0 Å². The van der Waals surface area contributed by atoms with Gasteiger partial charge in [-0.05, 0) is 37.0 Å². The number of aliphatic carboxylic acids is 1. The van der Waals surface area contributed by atoms with E-state index in [1.54, 1.807) is 0 Å². The molecule has 4 heteroatoms. The van der Waals surface area contributed by atoms with Gasteiger partial charge in [0, 0.05) is 18.3 Å². The Kier molecular flexibility index (Phi) is 2.02. The van der Waals surface area contributed by atoms with Gasteiger partial charge in [0.2, 0.25) is 0 Å². The molecule has 1 spiro atoms. The Bertz CT molecular complexity index is 555. The molecule has 2 aliphatic carbocycles. The lowest BCUT2D eigenvalue weighted by Gasteiger charge is -2.35. The molecule has 0 saturated heterocycles. The maximum Gasteiger partial charge on any atom is 0.304 e. The number of carboxylic acids is 1. The van der Waals surface area contributed by atoms with E-state index in [9.17, 15) is 4.79 Å². The van der Waals surface area contributed by atoms with Gasteiger partial charge in [0.15, 0.2) is 11.5 Å². The van der Waals surface area contributed by atoms with E-state index < -0.39 is 11.8 Å². The van der Waals surface area contributed by atoms with E-state index in [1.807, 2.05) is 18.2 Å². The van der Waals surface area contributed by atoms with Crippen LogP contribution < -0.4 is 9.47 Å². The Hall–Kier alpha value is -1.71. The predicted octanol–water partition coefficient (Wildman–Crippen LogP) is 2.84. The molecular formula is C15H16O4. The Balaban J connectivity index is 1.63. The van der Waals surface area contributed by atoms with Crippen molar-refractivity contribution in [2.75, 3.05) is 0 Å². The SMILES string of the molecule is O=C(O)CC1(c2ccc3c(c2)OC2(CCC2)O3)CC1. The molecule has 19 heavy (non-hydrogen) atoms. The van der Waals surface area contributed by atoms with E-state index in [0.29, 0.717) is 0 Å². The minimum atomic E-state index is -0.731. The number of ether oxygens (including phenoxy) is 2. The van der Waals surface area contributed by atoms with Gasteiger partial charge in [-0.3, -0.25) is 4.79 Å². The van der Waals surface area contributed by atoms with Crippen molar-refractivity contribution < 1.29 is 19.4 Å². The van der Waals surface area contributed by atoms with Gasteiger partial charge in [0.25, 0.3) is 5.79 Å². The number of fused-ring (bicyclic) bond motifs is 1. The monoisotopic (exact) mass is 260 g/mol. The summed E-state index contributed by atoms with van der Waals surface area (Å²) in [4.78, 5) is 11.0. The summed E-state index contributed by atoms with van der Waals surface area (Å²) in [7, 11) is 0. The Labute approximate surface area is 111 Å². The third kappa shape index (κ3) is 1.62. The molecule has 1 aliphatic heterocycles. The van der Waals surface area contributed by atoms with Crippen LogP contribution in [0.5, 0.6) is 11.5 Å². The van der Waals surface area contributed by atoms with Crippen LogP contribution in [-0.4, -0.2) is 16.9 Å². The lowest BCUT2D eigenvalue weighted by molar-refractivity contribution is -0.139. The van der Waals surface area contributed by atoms with Gasteiger partial charge in [-0.2, -0.15) is 0 Å². The van der Waals surface area contributed by atoms with Crippen molar-refractivity contribution in [3.63, 3.8) is 0 Å². The van der Waals surface area contributed by atoms with Crippen molar-refractivity contribution in [1.82, 2.24) is 0 Å². The second-order valence-electron chi connectivity index (χ2n) is 5.98. The molecule has 0 atom stereocenters. The van der Waals surface area contributed by atoms with Crippen molar-refractivity contribution in [2.45, 2.75) is 49.7 Å². The van der Waals surface area contributed by atoms with Gasteiger partial charge >= 0.3 is 5.97 Å². The van der Waals surface area contributed by atoms with Gasteiger partial charge in [0.05, 0.1) is 6.42 Å². The number of benzene rings is 1. The summed E-state index contributed by atoms with van der Waals surface area (Å²) in [6.45, 7) is 0. The first-order valence-electron chi connectivity index (χ1n) is 6.85. The molecule has 0 amide bonds. The van der Waals surface area contributed by atoms with Crippen LogP contribution in [0, 0.1) is 0 Å². The third-order valence-electron chi connectivity index (χ3n) is 4.61. The molecule has 2 saturated carbocycles. The van der Waals surface area contributed by atoms with Gasteiger partial charge in [-0.15, -0.1) is 0 Å². The van der Waals surface area contributed by atoms with Crippen molar-refractivity contribution in [3.8, 4) is 11.5 Å². The molecule has 2 fully saturated rings. The quantitative estimate of drug-likeness (QED) is 0.908. The molecule has 1 aromatic carbocycles. The molecule has 4 rings (SSSR count). The standard InChI is InChI=1S/C15H16O4/c16-13(17)9-14(6-7-14)10-2-3-11-12(8-10)19-15(18-11)4-1-5-15/h2-3,8H,1,4-7,9H2,(H,16,17). The van der Waals surface area contributed by atoms with Crippen molar-refractivity contribution in [2.24, 2.45) is 0 Å². The fourth-order valence-corrected chi connectivity index (χ4v) is 3.10. The predicted molar refractivity (Wildman–Crippen MR) is 67.4 cm³/mol. The summed E-state index contributed by atoms with van der Waals surface area (Å²) >= 11 is 0. The normalized spacial score (nSPS) is 24.0. The van der Waals surface area contributed by atoms with Crippen LogP contribution in [0.25, 0.3) is 0 Å². The second-order valence-corrected chi connectivity index (χ2v) is 5.98. The second kappa shape index (κ2) is 3.44. The maximum absolute atomic E-state index is 11.0. The van der Waals surface area contributed by atoms with Crippen LogP contribution >= 0.6 is 0 Å². The summed E-state index contributed by atoms with van der Waals surface area (Å²) in [6, 6.07) is 5.91. The molecule has 0 radical (unpaired) electrons. The molecule has 1 N–H and O–H groups in total. The highest BCUT2D eigenvalue weighted by atomic mass is 16.7. The molecule has 3 aliphatic rings. The first kappa shape index (κ1) is 11.1. The Morgan fingerprint density at radius 1 is 1.16 bits per heavy atom. The largest absolute Gasteiger partial charge is 0.481 e. The number of carboxylic acid groups (broad SMARTS) is 1. The molecular weight excluding hydrogens is 244 g/mol. The molecule has 0 bridgehead atoms. The molecule has 4 nitrogen and oxygen atoms in total. The van der Waals surface area contributed by atoms with Gasteiger partial charge in [0.1, 0.15) is 0 Å². The average Bonchev–Trinajstić information content (AvgIpc) is 2.98. The molecule has 0 unspecified atom stereocenters. The van der Waals surface area contributed by atoms with Crippen LogP contribution in [0.15, 0.2) is 18.2 Å². The van der Waals surface area contributed by atoms with E-state index in [4.69, 9.17) is 14.6 Å². The first-order chi connectivity index (χ1) is 9.11. The average molecular weight is 260 g/mol. The highest BCUT2D eigenvalue weighted by Gasteiger charge is 2.49. The Morgan fingerprint density at radius 3 is 2.47 bits per heavy atom. The highest BCUT2D eigenvalue weighted by Crippen LogP contribution is 2.55. The Morgan fingerprint density at radius 2 is 1.89 bits per heavy atom. The van der Waals surface area contributed by atoms with E-state index in [1.165, 1.54) is 0 Å². The van der Waals surface area contributed by atoms with Crippen LogP contribution in [0.3, 0.4) is 0 Å². The number of carbonyl (C=O) groups is 1. The maximum atomic E-state index is 11.0. The summed E-state index contributed by atoms with van der Waals surface area (Å²) in [6.07, 6.45) is 5.13. The van der Waals surface area contributed by atoms with E-state index in [2.05, 4.69) is 0 Å². The minimum absolute atomic E-state index is 0.167. The molecule has 1 heterocycles. The summed E-state index contributed by atoms with van der Waals surface area (Å²) in [5, 5.41) is 9.02. The zero-order valence-corrected chi connectivity index (χ0v) is 10.6. The summed E-state index contributed by atoms with van der Waals surface area (Å²) in [5.41, 5.74) is 0.910. The molecule has 1 aromatic rings. The smallest absolute Gasteiger partial charge is 0.304 e. The fourth-order valence-electron chi connectivity index (χ4n) is 3.10. The fraction of sp³-hybridized carbons (Fsp3) is 0.533. The summed E-state index contributed by atoms with van der Waals surface area (Å²) in [5.74, 6) is 0.443. The topological polar surface area (TPSA) is 55.8 Å². The molecule has 100 valence electrons. The van der Waals surface area contributed by atoms with Crippen LogP contribution in [0.1, 0.15) is 44.1 Å². The first-order valence-corrected chi connectivity index (χ1v) is 6.85. The van der Waals surface area contributed by atoms with Crippen LogP contribution in [0.2, 0.25) is 0 Å². The van der Waals surface area contributed by atoms with E-state index >= 15 is 0 Å². The molecule has 0 aromatic heterocycles. The van der Waals surface area contributed by atoms with Gasteiger partial charge in [-0.1, -0.05) is 6.07 Å². The summed E-state index contributed by atoms with van der Waals surface area (Å²) < 4.78 is 11.8. The van der Waals surface area contributed by atoms with E-state index in [-0.39, 0.29) is 11.8 Å². The minimum Gasteiger partial charge on any atom is -0.481 e. The lowest BCUT2D eigenvalue weighted by Crippen LogP contribution is -2.45. The number of rotatable bonds is 3. The third-order valence-corrected chi connectivity index (χ3v) is 4.61. The zero-order valence-electron chi connectivity index (χ0n) is 10.6. The lowest BCUT2D eigenvalue weighted by atomic mass is 9.91. The number of hydrogen-bond acceptors (Lipinski definition) is 3. The number of hydrogen-bond donors (Lipinski definition) is 1. The van der Waals surface area contributed by atoms with Crippen molar-refractivity contribution in [1.29, 1.82) is 0 Å². The van der Waals surface area contributed by atoms with Gasteiger partial charge in [-0.25, -0.2) is 0 Å². The van der Waals surface area contributed by atoms with Gasteiger partial charge < -0.3 is 14.6 Å². The van der Waals surface area contributed by atoms with Crippen molar-refractivity contribution >= 4 is 5.97 Å².